The Morgan fingerprint density at radius 1 is 1.21 bits per heavy atom. The third-order valence-corrected chi connectivity index (χ3v) is 6.19. The molecule has 0 radical (unpaired) electrons. The van der Waals surface area contributed by atoms with Crippen LogP contribution in [0.4, 0.5) is 0 Å². The van der Waals surface area contributed by atoms with Crippen LogP contribution in [-0.2, 0) is 17.8 Å². The van der Waals surface area contributed by atoms with Gasteiger partial charge in [-0.05, 0) is 30.9 Å². The number of rotatable bonds is 4. The van der Waals surface area contributed by atoms with Crippen molar-refractivity contribution in [1.29, 1.82) is 0 Å². The third kappa shape index (κ3) is 4.09. The van der Waals surface area contributed by atoms with Gasteiger partial charge in [-0.25, -0.2) is 9.97 Å². The summed E-state index contributed by atoms with van der Waals surface area (Å²) in [5.41, 5.74) is 3.62. The number of fused-ring (bicyclic) bond motifs is 1. The summed E-state index contributed by atoms with van der Waals surface area (Å²) in [7, 11) is 0. The minimum Gasteiger partial charge on any atom is -0.338 e. The fourth-order valence-corrected chi connectivity index (χ4v) is 4.50. The summed E-state index contributed by atoms with van der Waals surface area (Å²) in [5.74, 6) is 1.58. The SMILES string of the molecule is CC(=O)N1CCc2nc([C@H]3CCCCN3C[C@@H](C)c3ccccc3)ncc2C1. The monoisotopic (exact) mass is 378 g/mol. The Morgan fingerprint density at radius 3 is 2.82 bits per heavy atom. The van der Waals surface area contributed by atoms with Crippen molar-refractivity contribution in [1.82, 2.24) is 19.8 Å². The van der Waals surface area contributed by atoms with Crippen molar-refractivity contribution in [2.75, 3.05) is 19.6 Å². The molecule has 0 N–H and O–H groups in total. The van der Waals surface area contributed by atoms with Gasteiger partial charge >= 0.3 is 0 Å². The van der Waals surface area contributed by atoms with Crippen LogP contribution in [0.5, 0.6) is 0 Å². The summed E-state index contributed by atoms with van der Waals surface area (Å²) in [4.78, 5) is 25.8. The van der Waals surface area contributed by atoms with Crippen molar-refractivity contribution in [3.63, 3.8) is 0 Å². The Morgan fingerprint density at radius 2 is 2.04 bits per heavy atom. The number of benzene rings is 1. The van der Waals surface area contributed by atoms with Gasteiger partial charge in [-0.1, -0.05) is 43.7 Å². The van der Waals surface area contributed by atoms with Crippen LogP contribution in [0.15, 0.2) is 36.5 Å². The lowest BCUT2D eigenvalue weighted by Crippen LogP contribution is -2.38. The number of hydrogen-bond acceptors (Lipinski definition) is 4. The Bertz CT molecular complexity index is 823. The first-order valence-electron chi connectivity index (χ1n) is 10.5. The number of piperidine rings is 1. The Balaban J connectivity index is 1.51. The van der Waals surface area contributed by atoms with Crippen molar-refractivity contribution in [2.45, 2.75) is 58.0 Å². The molecule has 0 aliphatic carbocycles. The van der Waals surface area contributed by atoms with Crippen LogP contribution in [0.3, 0.4) is 0 Å². The number of aromatic nitrogens is 2. The third-order valence-electron chi connectivity index (χ3n) is 6.19. The molecule has 1 aromatic heterocycles. The molecule has 0 spiro atoms. The standard InChI is InChI=1S/C23H30N4O/c1-17(19-8-4-3-5-9-19)15-27-12-7-6-10-22(27)23-24-14-20-16-26(18(2)28)13-11-21(20)25-23/h3-5,8-9,14,17,22H,6-7,10-13,15-16H2,1-2H3/t17-,22-/m1/s1. The average molecular weight is 379 g/mol. The molecule has 0 unspecified atom stereocenters. The second kappa shape index (κ2) is 8.39. The predicted molar refractivity (Wildman–Crippen MR) is 110 cm³/mol. The van der Waals surface area contributed by atoms with E-state index in [-0.39, 0.29) is 5.91 Å². The van der Waals surface area contributed by atoms with E-state index >= 15 is 0 Å². The van der Waals surface area contributed by atoms with Crippen molar-refractivity contribution < 1.29 is 4.79 Å². The summed E-state index contributed by atoms with van der Waals surface area (Å²) in [6.45, 7) is 7.50. The molecule has 1 amide bonds. The van der Waals surface area contributed by atoms with E-state index in [9.17, 15) is 4.79 Å². The second-order valence-corrected chi connectivity index (χ2v) is 8.21. The highest BCUT2D eigenvalue weighted by atomic mass is 16.2. The van der Waals surface area contributed by atoms with E-state index in [2.05, 4.69) is 42.2 Å². The molecule has 28 heavy (non-hydrogen) atoms. The van der Waals surface area contributed by atoms with E-state index in [0.717, 1.165) is 49.6 Å². The number of amides is 1. The first-order valence-corrected chi connectivity index (χ1v) is 10.5. The molecule has 0 saturated carbocycles. The van der Waals surface area contributed by atoms with Crippen LogP contribution in [0.25, 0.3) is 0 Å². The molecular weight excluding hydrogens is 348 g/mol. The summed E-state index contributed by atoms with van der Waals surface area (Å²) in [6, 6.07) is 11.1. The number of carbonyl (C=O) groups excluding carboxylic acids is 1. The van der Waals surface area contributed by atoms with Gasteiger partial charge in [0.25, 0.3) is 0 Å². The van der Waals surface area contributed by atoms with Gasteiger partial charge in [-0.15, -0.1) is 0 Å². The predicted octanol–water partition coefficient (Wildman–Crippen LogP) is 3.71. The fraction of sp³-hybridized carbons (Fsp3) is 0.522. The van der Waals surface area contributed by atoms with E-state index in [4.69, 9.17) is 9.97 Å². The van der Waals surface area contributed by atoms with E-state index < -0.39 is 0 Å². The zero-order valence-corrected chi connectivity index (χ0v) is 17.0. The maximum Gasteiger partial charge on any atom is 0.219 e. The first-order chi connectivity index (χ1) is 13.6. The van der Waals surface area contributed by atoms with Crippen molar-refractivity contribution >= 4 is 5.91 Å². The van der Waals surface area contributed by atoms with E-state index in [1.165, 1.54) is 18.4 Å². The average Bonchev–Trinajstić information content (AvgIpc) is 2.74. The maximum atomic E-state index is 11.7. The molecule has 2 atom stereocenters. The number of hydrogen-bond donors (Lipinski definition) is 0. The zero-order chi connectivity index (χ0) is 19.5. The lowest BCUT2D eigenvalue weighted by molar-refractivity contribution is -0.129. The Kier molecular flexibility index (Phi) is 5.72. The lowest BCUT2D eigenvalue weighted by atomic mass is 9.96. The first kappa shape index (κ1) is 19.1. The van der Waals surface area contributed by atoms with Crippen LogP contribution < -0.4 is 0 Å². The molecule has 1 saturated heterocycles. The largest absolute Gasteiger partial charge is 0.338 e. The summed E-state index contributed by atoms with van der Waals surface area (Å²) >= 11 is 0. The molecule has 2 aliphatic rings. The van der Waals surface area contributed by atoms with Crippen LogP contribution in [-0.4, -0.2) is 45.3 Å². The normalized spacial score (nSPS) is 21.2. The van der Waals surface area contributed by atoms with Crippen molar-refractivity contribution in [2.24, 2.45) is 0 Å². The molecule has 148 valence electrons. The fourth-order valence-electron chi connectivity index (χ4n) is 4.50. The van der Waals surface area contributed by atoms with E-state index in [1.807, 2.05) is 11.1 Å². The minimum atomic E-state index is 0.128. The molecule has 4 rings (SSSR count). The quantitative estimate of drug-likeness (QED) is 0.814. The molecule has 5 heteroatoms. The van der Waals surface area contributed by atoms with Gasteiger partial charge in [-0.3, -0.25) is 9.69 Å². The number of carbonyl (C=O) groups is 1. The van der Waals surface area contributed by atoms with Crippen molar-refractivity contribution in [3.05, 3.63) is 59.2 Å². The highest BCUT2D eigenvalue weighted by molar-refractivity contribution is 5.73. The molecule has 1 fully saturated rings. The van der Waals surface area contributed by atoms with E-state index in [1.54, 1.807) is 6.92 Å². The van der Waals surface area contributed by atoms with Crippen LogP contribution in [0.2, 0.25) is 0 Å². The smallest absolute Gasteiger partial charge is 0.219 e. The summed E-state index contributed by atoms with van der Waals surface area (Å²) in [6.07, 6.45) is 6.40. The topological polar surface area (TPSA) is 49.3 Å². The molecular formula is C23H30N4O. The molecule has 0 bridgehead atoms. The minimum absolute atomic E-state index is 0.128. The number of nitrogens with zero attached hydrogens (tertiary/aromatic N) is 4. The van der Waals surface area contributed by atoms with Gasteiger partial charge in [-0.2, -0.15) is 0 Å². The highest BCUT2D eigenvalue weighted by Crippen LogP contribution is 2.32. The van der Waals surface area contributed by atoms with Crippen LogP contribution in [0, 0.1) is 0 Å². The lowest BCUT2D eigenvalue weighted by Gasteiger charge is -2.37. The Hall–Kier alpha value is -2.27. The zero-order valence-electron chi connectivity index (χ0n) is 17.0. The molecule has 2 aromatic rings. The second-order valence-electron chi connectivity index (χ2n) is 8.21. The number of likely N-dealkylation sites (tertiary alicyclic amines) is 1. The molecule has 1 aromatic carbocycles. The summed E-state index contributed by atoms with van der Waals surface area (Å²) in [5, 5.41) is 0. The molecule has 3 heterocycles. The Labute approximate surface area is 167 Å². The van der Waals surface area contributed by atoms with Crippen LogP contribution >= 0.6 is 0 Å². The van der Waals surface area contributed by atoms with Crippen LogP contribution in [0.1, 0.15) is 67.7 Å². The van der Waals surface area contributed by atoms with Gasteiger partial charge in [0.15, 0.2) is 0 Å². The molecule has 2 aliphatic heterocycles. The molecule has 5 nitrogen and oxygen atoms in total. The van der Waals surface area contributed by atoms with Gasteiger partial charge in [0.05, 0.1) is 11.7 Å². The summed E-state index contributed by atoms with van der Waals surface area (Å²) < 4.78 is 0. The maximum absolute atomic E-state index is 11.7. The van der Waals surface area contributed by atoms with Gasteiger partial charge in [0.1, 0.15) is 5.82 Å². The highest BCUT2D eigenvalue weighted by Gasteiger charge is 2.29. The van der Waals surface area contributed by atoms with Gasteiger partial charge in [0, 0.05) is 44.7 Å². The van der Waals surface area contributed by atoms with Gasteiger partial charge < -0.3 is 4.90 Å². The van der Waals surface area contributed by atoms with E-state index in [0.29, 0.717) is 18.5 Å². The van der Waals surface area contributed by atoms with Crippen molar-refractivity contribution in [3.8, 4) is 0 Å². The van der Waals surface area contributed by atoms with Gasteiger partial charge in [0.2, 0.25) is 5.91 Å².